The molecule has 0 saturated carbocycles. The fourth-order valence-corrected chi connectivity index (χ4v) is 1.50. The van der Waals surface area contributed by atoms with Crippen molar-refractivity contribution in [1.29, 1.82) is 0 Å². The Morgan fingerprint density at radius 2 is 1.40 bits per heavy atom. The van der Waals surface area contributed by atoms with Crippen molar-refractivity contribution < 1.29 is 14.9 Å². The van der Waals surface area contributed by atoms with Crippen LogP contribution in [0.1, 0.15) is 51.9 Å². The highest BCUT2D eigenvalue weighted by Crippen LogP contribution is 2.06. The van der Waals surface area contributed by atoms with Gasteiger partial charge >= 0.3 is 0 Å². The Labute approximate surface area is 123 Å². The Kier molecular flexibility index (Phi) is 15.1. The summed E-state index contributed by atoms with van der Waals surface area (Å²) in [6, 6.07) is 8.71. The van der Waals surface area contributed by atoms with Crippen LogP contribution in [0.5, 0.6) is 5.75 Å². The van der Waals surface area contributed by atoms with Crippen molar-refractivity contribution in [3.63, 3.8) is 0 Å². The summed E-state index contributed by atoms with van der Waals surface area (Å²) in [5, 5.41) is 17.1. The summed E-state index contributed by atoms with van der Waals surface area (Å²) >= 11 is 0. The number of rotatable bonds is 7. The molecule has 0 unspecified atom stereocenters. The van der Waals surface area contributed by atoms with E-state index in [9.17, 15) is 0 Å². The molecule has 1 aliphatic heterocycles. The number of hydrogen-bond donors (Lipinski definition) is 2. The number of phenolic OH excluding ortho intramolecular Hbond substituents is 1. The molecule has 1 aliphatic rings. The summed E-state index contributed by atoms with van der Waals surface area (Å²) in [7, 11) is 0. The molecule has 0 spiro atoms. The Morgan fingerprint density at radius 3 is 1.75 bits per heavy atom. The topological polar surface area (TPSA) is 53.0 Å². The molecule has 2 N–H and O–H groups in total. The van der Waals surface area contributed by atoms with Crippen LogP contribution in [0.25, 0.3) is 0 Å². The number of benzene rings is 1. The van der Waals surface area contributed by atoms with E-state index >= 15 is 0 Å². The van der Waals surface area contributed by atoms with Gasteiger partial charge in [-0.05, 0) is 18.6 Å². The fraction of sp³-hybridized carbons (Fsp3) is 0.647. The van der Waals surface area contributed by atoms with Crippen LogP contribution in [0.3, 0.4) is 0 Å². The zero-order chi connectivity index (χ0) is 14.9. The highest BCUT2D eigenvalue weighted by molar-refractivity contribution is 5.18. The number of aliphatic hydroxyl groups is 1. The van der Waals surface area contributed by atoms with Crippen molar-refractivity contribution >= 4 is 0 Å². The molecule has 3 heteroatoms. The van der Waals surface area contributed by atoms with Gasteiger partial charge in [-0.15, -0.1) is 0 Å². The van der Waals surface area contributed by atoms with Gasteiger partial charge in [-0.1, -0.05) is 63.6 Å². The molecule has 3 nitrogen and oxygen atoms in total. The third-order valence-corrected chi connectivity index (χ3v) is 2.72. The number of aliphatic hydroxyl groups excluding tert-OH is 1. The maximum atomic E-state index is 8.63. The summed E-state index contributed by atoms with van der Waals surface area (Å²) in [6.45, 7) is 4.60. The summed E-state index contributed by atoms with van der Waals surface area (Å²) in [4.78, 5) is 0. The highest BCUT2D eigenvalue weighted by Gasteiger charge is 1.94. The lowest BCUT2D eigenvalue weighted by molar-refractivity contribution is 0.282. The van der Waals surface area contributed by atoms with Crippen molar-refractivity contribution in [3.05, 3.63) is 30.3 Å². The summed E-state index contributed by atoms with van der Waals surface area (Å²) < 4.78 is 4.50. The van der Waals surface area contributed by atoms with E-state index in [0.717, 1.165) is 19.6 Å². The van der Waals surface area contributed by atoms with Crippen LogP contribution < -0.4 is 0 Å². The molecule has 1 aromatic carbocycles. The maximum Gasteiger partial charge on any atom is 0.115 e. The smallest absolute Gasteiger partial charge is 0.115 e. The van der Waals surface area contributed by atoms with E-state index in [4.69, 9.17) is 10.2 Å². The van der Waals surface area contributed by atoms with Gasteiger partial charge in [-0.3, -0.25) is 0 Å². The van der Waals surface area contributed by atoms with Crippen molar-refractivity contribution in [1.82, 2.24) is 0 Å². The summed E-state index contributed by atoms with van der Waals surface area (Å²) in [6.07, 6.45) is 8.93. The van der Waals surface area contributed by atoms with Crippen molar-refractivity contribution in [2.75, 3.05) is 19.8 Å². The van der Waals surface area contributed by atoms with Crippen molar-refractivity contribution in [2.45, 2.75) is 51.9 Å². The molecule has 1 fully saturated rings. The Hall–Kier alpha value is -1.06. The Morgan fingerprint density at radius 1 is 0.900 bits per heavy atom. The molecule has 1 saturated heterocycles. The van der Waals surface area contributed by atoms with E-state index in [1.807, 2.05) is 6.07 Å². The van der Waals surface area contributed by atoms with Crippen LogP contribution >= 0.6 is 0 Å². The van der Waals surface area contributed by atoms with Crippen LogP contribution in [0.2, 0.25) is 0 Å². The number of unbranched alkanes of at least 4 members (excludes halogenated alkanes) is 6. The van der Waals surface area contributed by atoms with Gasteiger partial charge in [0.2, 0.25) is 0 Å². The second-order valence-corrected chi connectivity index (χ2v) is 4.79. The molecule has 0 aromatic heterocycles. The van der Waals surface area contributed by atoms with Crippen molar-refractivity contribution in [3.8, 4) is 5.75 Å². The minimum Gasteiger partial charge on any atom is -0.508 e. The molecule has 1 heterocycles. The number of epoxide rings is 1. The molecule has 0 atom stereocenters. The molecule has 1 aromatic rings. The number of ether oxygens (including phenoxy) is 1. The molecule has 2 rings (SSSR count). The summed E-state index contributed by atoms with van der Waals surface area (Å²) in [5.74, 6) is 0.322. The first-order valence-corrected chi connectivity index (χ1v) is 7.73. The molecule has 0 amide bonds. The molecular formula is C17H30O3. The van der Waals surface area contributed by atoms with Crippen LogP contribution in [0.15, 0.2) is 30.3 Å². The molecule has 116 valence electrons. The molecule has 0 bridgehead atoms. The minimum atomic E-state index is 0.322. The average Bonchev–Trinajstić information content (AvgIpc) is 3.33. The van der Waals surface area contributed by atoms with E-state index in [1.54, 1.807) is 24.3 Å². The number of phenols is 1. The predicted molar refractivity (Wildman–Crippen MR) is 84.0 cm³/mol. The first-order valence-electron chi connectivity index (χ1n) is 7.73. The largest absolute Gasteiger partial charge is 0.508 e. The number of para-hydroxylation sites is 1. The first kappa shape index (κ1) is 18.9. The molecule has 20 heavy (non-hydrogen) atoms. The van der Waals surface area contributed by atoms with E-state index < -0.39 is 0 Å². The average molecular weight is 282 g/mol. The van der Waals surface area contributed by atoms with Gasteiger partial charge in [0.25, 0.3) is 0 Å². The number of aromatic hydroxyl groups is 1. The van der Waals surface area contributed by atoms with Gasteiger partial charge in [0.15, 0.2) is 0 Å². The summed E-state index contributed by atoms with van der Waals surface area (Å²) in [5.41, 5.74) is 0. The van der Waals surface area contributed by atoms with Gasteiger partial charge in [0, 0.05) is 6.61 Å². The van der Waals surface area contributed by atoms with Gasteiger partial charge in [0.05, 0.1) is 13.2 Å². The third kappa shape index (κ3) is 19.3. The van der Waals surface area contributed by atoms with Crippen LogP contribution in [0.4, 0.5) is 0 Å². The normalized spacial score (nSPS) is 11.7. The molecule has 0 aliphatic carbocycles. The van der Waals surface area contributed by atoms with Crippen LogP contribution in [-0.2, 0) is 4.74 Å². The lowest BCUT2D eigenvalue weighted by Crippen LogP contribution is -1.83. The van der Waals surface area contributed by atoms with E-state index in [1.165, 1.54) is 38.5 Å². The highest BCUT2D eigenvalue weighted by atomic mass is 16.6. The first-order chi connectivity index (χ1) is 9.81. The minimum absolute atomic E-state index is 0.322. The zero-order valence-electron chi connectivity index (χ0n) is 12.8. The number of hydrogen-bond acceptors (Lipinski definition) is 3. The van der Waals surface area contributed by atoms with Crippen molar-refractivity contribution in [2.24, 2.45) is 0 Å². The second kappa shape index (κ2) is 16.0. The van der Waals surface area contributed by atoms with Gasteiger partial charge in [-0.2, -0.15) is 0 Å². The van der Waals surface area contributed by atoms with Gasteiger partial charge in [-0.25, -0.2) is 0 Å². The molecule has 0 radical (unpaired) electrons. The van der Waals surface area contributed by atoms with E-state index in [-0.39, 0.29) is 0 Å². The Bertz CT molecular complexity index is 262. The Balaban J connectivity index is 0.000000307. The third-order valence-electron chi connectivity index (χ3n) is 2.72. The lowest BCUT2D eigenvalue weighted by atomic mass is 10.1. The maximum absolute atomic E-state index is 8.63. The molecular weight excluding hydrogens is 252 g/mol. The fourth-order valence-electron chi connectivity index (χ4n) is 1.50. The van der Waals surface area contributed by atoms with Crippen LogP contribution in [-0.4, -0.2) is 30.0 Å². The second-order valence-electron chi connectivity index (χ2n) is 4.79. The van der Waals surface area contributed by atoms with Crippen LogP contribution in [0, 0.1) is 0 Å². The zero-order valence-corrected chi connectivity index (χ0v) is 12.8. The van der Waals surface area contributed by atoms with E-state index in [0.29, 0.717) is 12.4 Å². The SMILES string of the molecule is C1CO1.CCCCCCCCCO.Oc1ccccc1. The van der Waals surface area contributed by atoms with Gasteiger partial charge in [0.1, 0.15) is 5.75 Å². The monoisotopic (exact) mass is 282 g/mol. The van der Waals surface area contributed by atoms with Gasteiger partial charge < -0.3 is 14.9 Å². The standard InChI is InChI=1S/C9H20O.C6H6O.C2H4O/c1-2-3-4-5-6-7-8-9-10;7-6-4-2-1-3-5-6;1-2-3-1/h10H,2-9H2,1H3;1-5,7H;1-2H2. The van der Waals surface area contributed by atoms with E-state index in [2.05, 4.69) is 11.7 Å². The quantitative estimate of drug-likeness (QED) is 0.584. The lowest BCUT2D eigenvalue weighted by Gasteiger charge is -1.97. The predicted octanol–water partition coefficient (Wildman–Crippen LogP) is 4.14.